The van der Waals surface area contributed by atoms with Crippen molar-refractivity contribution in [1.82, 2.24) is 20.9 Å². The maximum absolute atomic E-state index is 14.2. The molecule has 0 aromatic heterocycles. The van der Waals surface area contributed by atoms with Crippen LogP contribution in [0.25, 0.3) is 0 Å². The molecule has 3 fully saturated rings. The van der Waals surface area contributed by atoms with Gasteiger partial charge < -0.3 is 26.6 Å². The molecule has 0 aromatic carbocycles. The number of sulfone groups is 1. The molecule has 3 aliphatic rings. The van der Waals surface area contributed by atoms with Crippen LogP contribution >= 0.6 is 0 Å². The quantitative estimate of drug-likeness (QED) is 0.237. The Hall–Kier alpha value is -2.70. The number of amides is 5. The number of hydrogen-bond acceptors (Lipinski definition) is 7. The number of carbonyl (C=O) groups excluding carboxylic acids is 5. The van der Waals surface area contributed by atoms with Gasteiger partial charge in [0, 0.05) is 12.6 Å². The minimum atomic E-state index is -3.33. The number of Topliss-reactive ketones (excluding diaryl/α,β-unsaturated/α-hetero) is 1. The maximum Gasteiger partial charge on any atom is 0.315 e. The fourth-order valence-electron chi connectivity index (χ4n) is 6.25. The Labute approximate surface area is 255 Å². The van der Waals surface area contributed by atoms with Gasteiger partial charge in [0.2, 0.25) is 17.6 Å². The fourth-order valence-corrected chi connectivity index (χ4v) is 8.48. The molecule has 0 radical (unpaired) electrons. The second-order valence-electron chi connectivity index (χ2n) is 14.4. The van der Waals surface area contributed by atoms with Crippen LogP contribution in [0.15, 0.2) is 0 Å². The molecule has 1 saturated carbocycles. The van der Waals surface area contributed by atoms with Crippen LogP contribution in [-0.2, 0) is 29.0 Å². The van der Waals surface area contributed by atoms with E-state index in [1.54, 1.807) is 20.8 Å². The summed E-state index contributed by atoms with van der Waals surface area (Å²) in [5, 5.41) is 7.66. The molecule has 43 heavy (non-hydrogen) atoms. The van der Waals surface area contributed by atoms with Crippen molar-refractivity contribution < 1.29 is 32.4 Å². The van der Waals surface area contributed by atoms with E-state index in [4.69, 9.17) is 5.73 Å². The minimum Gasteiger partial charge on any atom is -0.363 e. The molecule has 0 spiro atoms. The normalized spacial score (nSPS) is 25.7. The van der Waals surface area contributed by atoms with Gasteiger partial charge >= 0.3 is 6.03 Å². The predicted octanol–water partition coefficient (Wildman–Crippen LogP) is 1.51. The lowest BCUT2D eigenvalue weighted by atomic mass is 9.85. The van der Waals surface area contributed by atoms with E-state index in [1.807, 2.05) is 27.7 Å². The minimum absolute atomic E-state index is 0.000707. The van der Waals surface area contributed by atoms with E-state index in [1.165, 1.54) is 4.90 Å². The lowest BCUT2D eigenvalue weighted by molar-refractivity contribution is -0.143. The number of carbonyl (C=O) groups is 5. The Bertz CT molecular complexity index is 1190. The molecule has 5 amide bonds. The van der Waals surface area contributed by atoms with Crippen molar-refractivity contribution in [2.24, 2.45) is 34.8 Å². The molecule has 0 aromatic rings. The van der Waals surface area contributed by atoms with Gasteiger partial charge in [-0.05, 0) is 54.8 Å². The predicted molar refractivity (Wildman–Crippen MR) is 162 cm³/mol. The highest BCUT2D eigenvalue weighted by Crippen LogP contribution is 2.35. The van der Waals surface area contributed by atoms with Crippen LogP contribution in [0.1, 0.15) is 87.0 Å². The Morgan fingerprint density at radius 2 is 1.58 bits per heavy atom. The number of nitrogens with one attached hydrogen (secondary N) is 3. The SMILES string of the molecule is CC(C)C1CC(C(=O)NC(CC2CC2)C(=O)C(N)=O)N(C(=O)C(NC(=O)NC(C(C)C)C2CCCS2(=O)=O)C(C)(C)C)C1. The molecule has 1 aliphatic carbocycles. The molecule has 244 valence electrons. The van der Waals surface area contributed by atoms with Gasteiger partial charge in [0.25, 0.3) is 5.91 Å². The van der Waals surface area contributed by atoms with E-state index in [0.717, 1.165) is 12.8 Å². The van der Waals surface area contributed by atoms with Crippen molar-refractivity contribution in [2.75, 3.05) is 12.3 Å². The second-order valence-corrected chi connectivity index (χ2v) is 16.8. The highest BCUT2D eigenvalue weighted by molar-refractivity contribution is 7.92. The van der Waals surface area contributed by atoms with Crippen LogP contribution in [0.4, 0.5) is 4.79 Å². The van der Waals surface area contributed by atoms with Crippen molar-refractivity contribution in [2.45, 2.75) is 116 Å². The van der Waals surface area contributed by atoms with Crippen molar-refractivity contribution in [3.8, 4) is 0 Å². The summed E-state index contributed by atoms with van der Waals surface area (Å²) in [6, 6.07) is -4.24. The van der Waals surface area contributed by atoms with Crippen LogP contribution in [0, 0.1) is 29.1 Å². The van der Waals surface area contributed by atoms with E-state index in [-0.39, 0.29) is 36.0 Å². The topological polar surface area (TPSA) is 185 Å². The standard InChI is InChI=1S/C30H51N5O7S/c1-16(2)19-14-21(27(38)32-20(13-18-10-11-18)24(36)26(31)37)35(15-19)28(39)25(30(5,6)7)34-29(40)33-23(17(3)4)22-9-8-12-43(22,41)42/h16-23,25H,8-15H2,1-7H3,(H2,31,37)(H,32,38)(H2,33,34,40). The van der Waals surface area contributed by atoms with Crippen LogP contribution in [0.2, 0.25) is 0 Å². The fraction of sp³-hybridized carbons (Fsp3) is 0.833. The van der Waals surface area contributed by atoms with E-state index in [0.29, 0.717) is 25.7 Å². The molecule has 12 nitrogen and oxygen atoms in total. The first kappa shape index (κ1) is 34.8. The van der Waals surface area contributed by atoms with Crippen LogP contribution < -0.4 is 21.7 Å². The third-order valence-electron chi connectivity index (χ3n) is 9.19. The van der Waals surface area contributed by atoms with E-state index in [9.17, 15) is 32.4 Å². The van der Waals surface area contributed by atoms with E-state index in [2.05, 4.69) is 16.0 Å². The first-order valence-corrected chi connectivity index (χ1v) is 17.3. The average molecular weight is 626 g/mol. The molecule has 13 heteroatoms. The number of urea groups is 1. The molecule has 6 unspecified atom stereocenters. The van der Waals surface area contributed by atoms with Gasteiger partial charge in [-0.25, -0.2) is 13.2 Å². The maximum atomic E-state index is 14.2. The monoisotopic (exact) mass is 625 g/mol. The van der Waals surface area contributed by atoms with Gasteiger partial charge in [0.05, 0.1) is 17.0 Å². The summed E-state index contributed by atoms with van der Waals surface area (Å²) < 4.78 is 25.3. The van der Waals surface area contributed by atoms with Crippen molar-refractivity contribution >= 4 is 39.4 Å². The molecule has 3 rings (SSSR count). The molecule has 6 atom stereocenters. The third kappa shape index (κ3) is 8.69. The van der Waals surface area contributed by atoms with Crippen molar-refractivity contribution in [1.29, 1.82) is 0 Å². The van der Waals surface area contributed by atoms with Gasteiger partial charge in [-0.15, -0.1) is 0 Å². The zero-order valence-electron chi connectivity index (χ0n) is 26.6. The van der Waals surface area contributed by atoms with Crippen molar-refractivity contribution in [3.63, 3.8) is 0 Å². The number of primary amides is 1. The van der Waals surface area contributed by atoms with Gasteiger partial charge in [-0.3, -0.25) is 19.2 Å². The summed E-state index contributed by atoms with van der Waals surface area (Å²) in [5.41, 5.74) is 4.50. The molecular formula is C30H51N5O7S. The number of hydrogen-bond donors (Lipinski definition) is 4. The summed E-state index contributed by atoms with van der Waals surface area (Å²) >= 11 is 0. The Balaban J connectivity index is 1.82. The van der Waals surface area contributed by atoms with E-state index < -0.39 is 74.2 Å². The van der Waals surface area contributed by atoms with Crippen molar-refractivity contribution in [3.05, 3.63) is 0 Å². The Morgan fingerprint density at radius 3 is 2.05 bits per heavy atom. The third-order valence-corrected chi connectivity index (χ3v) is 11.5. The molecule has 0 bridgehead atoms. The Morgan fingerprint density at radius 1 is 0.953 bits per heavy atom. The molecule has 2 heterocycles. The largest absolute Gasteiger partial charge is 0.363 e. The molecule has 2 saturated heterocycles. The molecule has 2 aliphatic heterocycles. The van der Waals surface area contributed by atoms with Crippen LogP contribution in [0.5, 0.6) is 0 Å². The van der Waals surface area contributed by atoms with Gasteiger partial charge in [0.15, 0.2) is 9.84 Å². The second kappa shape index (κ2) is 13.5. The van der Waals surface area contributed by atoms with Gasteiger partial charge in [-0.1, -0.05) is 61.3 Å². The lowest BCUT2D eigenvalue weighted by Crippen LogP contribution is -2.61. The highest BCUT2D eigenvalue weighted by Gasteiger charge is 2.47. The summed E-state index contributed by atoms with van der Waals surface area (Å²) in [4.78, 5) is 66.8. The summed E-state index contributed by atoms with van der Waals surface area (Å²) in [6.45, 7) is 13.4. The number of likely N-dealkylation sites (tertiary alicyclic amines) is 1. The number of ketones is 1. The summed E-state index contributed by atoms with van der Waals surface area (Å²) in [7, 11) is -3.33. The number of rotatable bonds is 12. The zero-order chi connectivity index (χ0) is 32.4. The first-order valence-electron chi connectivity index (χ1n) is 15.6. The van der Waals surface area contributed by atoms with Crippen LogP contribution in [-0.4, -0.2) is 84.6 Å². The number of nitrogens with zero attached hydrogens (tertiary/aromatic N) is 1. The van der Waals surface area contributed by atoms with E-state index >= 15 is 0 Å². The van der Waals surface area contributed by atoms with Gasteiger partial charge in [-0.2, -0.15) is 0 Å². The highest BCUT2D eigenvalue weighted by atomic mass is 32.2. The number of nitrogens with two attached hydrogens (primary N) is 1. The first-order chi connectivity index (χ1) is 19.8. The molecular weight excluding hydrogens is 574 g/mol. The summed E-state index contributed by atoms with van der Waals surface area (Å²) in [5.74, 6) is -2.61. The zero-order valence-corrected chi connectivity index (χ0v) is 27.5. The summed E-state index contributed by atoms with van der Waals surface area (Å²) in [6.07, 6.45) is 3.52. The smallest absolute Gasteiger partial charge is 0.315 e. The Kier molecular flexibility index (Phi) is 10.9. The average Bonchev–Trinajstić information content (AvgIpc) is 3.46. The molecule has 5 N–H and O–H groups in total. The van der Waals surface area contributed by atoms with Gasteiger partial charge in [0.1, 0.15) is 12.1 Å². The lowest BCUT2D eigenvalue weighted by Gasteiger charge is -2.36. The van der Waals surface area contributed by atoms with Crippen LogP contribution in [0.3, 0.4) is 0 Å².